The van der Waals surface area contributed by atoms with E-state index in [1.807, 2.05) is 17.0 Å². The maximum absolute atomic E-state index is 12.7. The Labute approximate surface area is 182 Å². The van der Waals surface area contributed by atoms with Crippen LogP contribution in [0.3, 0.4) is 0 Å². The molecule has 3 N–H and O–H groups in total. The second-order valence-corrected chi connectivity index (χ2v) is 10.9. The highest BCUT2D eigenvalue weighted by molar-refractivity contribution is 7.91. The van der Waals surface area contributed by atoms with E-state index in [1.165, 1.54) is 0 Å². The molecule has 3 aliphatic rings. The van der Waals surface area contributed by atoms with E-state index < -0.39 is 9.84 Å². The van der Waals surface area contributed by atoms with Gasteiger partial charge in [0.15, 0.2) is 9.84 Å². The summed E-state index contributed by atoms with van der Waals surface area (Å²) < 4.78 is 30.8. The summed E-state index contributed by atoms with van der Waals surface area (Å²) >= 11 is 0. The Kier molecular flexibility index (Phi) is 5.12. The molecule has 1 aromatic heterocycles. The molecule has 2 aromatic rings. The van der Waals surface area contributed by atoms with Crippen LogP contribution < -0.4 is 16.0 Å². The minimum Gasteiger partial charge on any atom is -0.377 e. The van der Waals surface area contributed by atoms with Crippen molar-refractivity contribution < 1.29 is 13.2 Å². The molecule has 0 unspecified atom stereocenters. The predicted octanol–water partition coefficient (Wildman–Crippen LogP) is 0.398. The Bertz CT molecular complexity index is 1100. The van der Waals surface area contributed by atoms with Crippen molar-refractivity contribution in [2.45, 2.75) is 29.9 Å². The zero-order valence-electron chi connectivity index (χ0n) is 17.7. The van der Waals surface area contributed by atoms with E-state index in [-0.39, 0.29) is 11.3 Å². The van der Waals surface area contributed by atoms with Crippen LogP contribution >= 0.6 is 0 Å². The summed E-state index contributed by atoms with van der Waals surface area (Å²) in [5.74, 6) is 1.39. The second kappa shape index (κ2) is 7.70. The fourth-order valence-electron chi connectivity index (χ4n) is 4.28. The maximum Gasteiger partial charge on any atom is 0.227 e. The largest absolute Gasteiger partial charge is 0.377 e. The van der Waals surface area contributed by atoms with Crippen molar-refractivity contribution in [1.29, 1.82) is 0 Å². The lowest BCUT2D eigenvalue weighted by Crippen LogP contribution is -2.61. The number of fused-ring (bicyclic) bond motifs is 2. The molecule has 31 heavy (non-hydrogen) atoms. The molecule has 1 saturated heterocycles. The van der Waals surface area contributed by atoms with Crippen LogP contribution in [-0.2, 0) is 34.1 Å². The summed E-state index contributed by atoms with van der Waals surface area (Å²) in [5, 5.41) is 3.44. The number of hydrogen-bond acceptors (Lipinski definition) is 9. The molecule has 0 aliphatic carbocycles. The van der Waals surface area contributed by atoms with Crippen molar-refractivity contribution in [2.75, 3.05) is 55.9 Å². The van der Waals surface area contributed by atoms with Gasteiger partial charge in [-0.15, -0.1) is 0 Å². The van der Waals surface area contributed by atoms with Crippen LogP contribution in [0.25, 0.3) is 0 Å². The zero-order valence-corrected chi connectivity index (χ0v) is 18.5. The topological polar surface area (TPSA) is 114 Å². The molecule has 0 spiro atoms. The van der Waals surface area contributed by atoms with Crippen LogP contribution in [0.15, 0.2) is 29.2 Å². The molecule has 0 saturated carbocycles. The van der Waals surface area contributed by atoms with Gasteiger partial charge in [0.2, 0.25) is 5.95 Å². The molecule has 166 valence electrons. The van der Waals surface area contributed by atoms with E-state index in [0.29, 0.717) is 43.7 Å². The summed E-state index contributed by atoms with van der Waals surface area (Å²) in [4.78, 5) is 14.3. The lowest BCUT2D eigenvalue weighted by molar-refractivity contribution is -0.0462. The Hall–Kier alpha value is -2.27. The number of nitrogens with one attached hydrogen (secondary N) is 1. The molecular weight excluding hydrogens is 416 g/mol. The number of likely N-dealkylation sites (N-methyl/N-ethyl adjacent to an activating group) is 1. The monoisotopic (exact) mass is 444 g/mol. The number of nitrogens with zero attached hydrogens (tertiary/aromatic N) is 4. The molecule has 0 amide bonds. The van der Waals surface area contributed by atoms with E-state index in [1.54, 1.807) is 12.1 Å². The maximum atomic E-state index is 12.7. The van der Waals surface area contributed by atoms with E-state index in [4.69, 9.17) is 20.4 Å². The van der Waals surface area contributed by atoms with Gasteiger partial charge < -0.3 is 25.6 Å². The first-order valence-corrected chi connectivity index (χ1v) is 12.2. The average Bonchev–Trinajstić information content (AvgIpc) is 2.87. The molecule has 5 rings (SSSR count). The third kappa shape index (κ3) is 4.00. The van der Waals surface area contributed by atoms with Gasteiger partial charge in [0.05, 0.1) is 35.1 Å². The average molecular weight is 445 g/mol. The lowest BCUT2D eigenvalue weighted by Gasteiger charge is -2.38. The van der Waals surface area contributed by atoms with Gasteiger partial charge >= 0.3 is 0 Å². The van der Waals surface area contributed by atoms with Crippen molar-refractivity contribution in [3.8, 4) is 0 Å². The highest BCUT2D eigenvalue weighted by atomic mass is 32.2. The molecule has 0 bridgehead atoms. The first-order valence-electron chi connectivity index (χ1n) is 10.6. The van der Waals surface area contributed by atoms with E-state index in [0.717, 1.165) is 42.1 Å². The van der Waals surface area contributed by atoms with Gasteiger partial charge in [0, 0.05) is 44.7 Å². The van der Waals surface area contributed by atoms with Crippen molar-refractivity contribution in [2.24, 2.45) is 5.73 Å². The third-order valence-corrected chi connectivity index (χ3v) is 8.00. The van der Waals surface area contributed by atoms with E-state index in [2.05, 4.69) is 17.3 Å². The highest BCUT2D eigenvalue weighted by Crippen LogP contribution is 2.29. The second-order valence-electron chi connectivity index (χ2n) is 8.84. The standard InChI is InChI=1S/C21H28N6O3S/c1-26-7-6-17-16(11-26)19(23-12-21(22)13-30-14-21)25-20(24-17)27-8-9-31(28,29)18-5-3-2-4-15(18)10-27/h2-5H,6-14,22H2,1H3,(H,23,24,25). The first kappa shape index (κ1) is 20.6. The Morgan fingerprint density at radius 2 is 2.00 bits per heavy atom. The molecule has 3 aliphatic heterocycles. The van der Waals surface area contributed by atoms with E-state index >= 15 is 0 Å². The van der Waals surface area contributed by atoms with Crippen LogP contribution in [0.4, 0.5) is 11.8 Å². The fraction of sp³-hybridized carbons (Fsp3) is 0.524. The van der Waals surface area contributed by atoms with Crippen molar-refractivity contribution >= 4 is 21.6 Å². The Morgan fingerprint density at radius 1 is 1.19 bits per heavy atom. The van der Waals surface area contributed by atoms with Crippen LogP contribution in [0.1, 0.15) is 16.8 Å². The molecule has 0 radical (unpaired) electrons. The number of anilines is 2. The van der Waals surface area contributed by atoms with Crippen molar-refractivity contribution in [1.82, 2.24) is 14.9 Å². The summed E-state index contributed by atoms with van der Waals surface area (Å²) in [6.07, 6.45) is 0.829. The lowest BCUT2D eigenvalue weighted by atomic mass is 9.99. The van der Waals surface area contributed by atoms with Gasteiger partial charge in [-0.2, -0.15) is 4.98 Å². The Balaban J connectivity index is 1.50. The van der Waals surface area contributed by atoms with Crippen LogP contribution in [0.5, 0.6) is 0 Å². The smallest absolute Gasteiger partial charge is 0.227 e. The number of aromatic nitrogens is 2. The third-order valence-electron chi connectivity index (χ3n) is 6.21. The van der Waals surface area contributed by atoms with Gasteiger partial charge in [-0.25, -0.2) is 13.4 Å². The van der Waals surface area contributed by atoms with Crippen molar-refractivity contribution in [3.05, 3.63) is 41.1 Å². The van der Waals surface area contributed by atoms with Crippen LogP contribution in [0.2, 0.25) is 0 Å². The van der Waals surface area contributed by atoms with Gasteiger partial charge in [-0.3, -0.25) is 0 Å². The van der Waals surface area contributed by atoms with Crippen molar-refractivity contribution in [3.63, 3.8) is 0 Å². The predicted molar refractivity (Wildman–Crippen MR) is 118 cm³/mol. The SMILES string of the molecule is CN1CCc2nc(N3CCS(=O)(=O)c4ccccc4C3)nc(NCC3(N)COC3)c2C1. The molecule has 0 atom stereocenters. The highest BCUT2D eigenvalue weighted by Gasteiger charge is 2.35. The molecule has 1 aromatic carbocycles. The zero-order chi connectivity index (χ0) is 21.6. The minimum absolute atomic E-state index is 0.0409. The summed E-state index contributed by atoms with van der Waals surface area (Å²) in [6, 6.07) is 7.20. The van der Waals surface area contributed by atoms with Crippen LogP contribution in [-0.4, -0.2) is 74.5 Å². The van der Waals surface area contributed by atoms with Gasteiger partial charge in [0.25, 0.3) is 0 Å². The number of hydrogen-bond donors (Lipinski definition) is 2. The Morgan fingerprint density at radius 3 is 2.77 bits per heavy atom. The summed E-state index contributed by atoms with van der Waals surface area (Å²) in [5.41, 5.74) is 8.82. The number of benzene rings is 1. The molecule has 1 fully saturated rings. The molecule has 4 heterocycles. The number of sulfone groups is 1. The molecule has 9 nitrogen and oxygen atoms in total. The van der Waals surface area contributed by atoms with Gasteiger partial charge in [-0.1, -0.05) is 18.2 Å². The molecular formula is C21H28N6O3S. The van der Waals surface area contributed by atoms with Crippen LogP contribution in [0, 0.1) is 0 Å². The quantitative estimate of drug-likeness (QED) is 0.691. The van der Waals surface area contributed by atoms with E-state index in [9.17, 15) is 8.42 Å². The van der Waals surface area contributed by atoms with Gasteiger partial charge in [0.1, 0.15) is 5.82 Å². The first-order chi connectivity index (χ1) is 14.8. The van der Waals surface area contributed by atoms with Gasteiger partial charge in [-0.05, 0) is 18.7 Å². The normalized spacial score (nSPS) is 22.1. The number of rotatable bonds is 4. The summed E-state index contributed by atoms with van der Waals surface area (Å²) in [6.45, 7) is 4.13. The fourth-order valence-corrected chi connectivity index (χ4v) is 5.78. The number of ether oxygens (including phenoxy) is 1. The number of nitrogens with two attached hydrogens (primary N) is 1. The minimum atomic E-state index is -3.33. The molecule has 10 heteroatoms. The summed E-state index contributed by atoms with van der Waals surface area (Å²) in [7, 11) is -1.24.